The predicted octanol–water partition coefficient (Wildman–Crippen LogP) is 3.31. The van der Waals surface area contributed by atoms with Crippen LogP contribution in [0.5, 0.6) is 0 Å². The number of nitrogens with two attached hydrogens (primary N) is 1. The molecule has 1 aliphatic carbocycles. The van der Waals surface area contributed by atoms with E-state index in [1.807, 2.05) is 0 Å². The molecule has 0 heterocycles. The smallest absolute Gasteiger partial charge is 0.000790 e. The Balaban J connectivity index is 2.16. The van der Waals surface area contributed by atoms with Crippen molar-refractivity contribution in [2.45, 2.75) is 65.2 Å². The van der Waals surface area contributed by atoms with Crippen LogP contribution in [0.2, 0.25) is 0 Å². The maximum absolute atomic E-state index is 5.50. The number of rotatable bonds is 9. The molecule has 0 saturated heterocycles. The van der Waals surface area contributed by atoms with Crippen LogP contribution < -0.4 is 11.1 Å². The normalized spacial score (nSPS) is 19.1. The van der Waals surface area contributed by atoms with E-state index in [2.05, 4.69) is 19.2 Å². The van der Waals surface area contributed by atoms with Gasteiger partial charge in [0.2, 0.25) is 0 Å². The highest BCUT2D eigenvalue weighted by Crippen LogP contribution is 2.42. The minimum atomic E-state index is 0.627. The van der Waals surface area contributed by atoms with E-state index < -0.39 is 0 Å². The Hall–Kier alpha value is -0.0800. The van der Waals surface area contributed by atoms with Crippen molar-refractivity contribution in [2.75, 3.05) is 19.6 Å². The third-order valence-corrected chi connectivity index (χ3v) is 4.06. The van der Waals surface area contributed by atoms with Gasteiger partial charge >= 0.3 is 0 Å². The second-order valence-corrected chi connectivity index (χ2v) is 6.33. The summed E-state index contributed by atoms with van der Waals surface area (Å²) in [7, 11) is 0. The second-order valence-electron chi connectivity index (χ2n) is 6.33. The molecule has 1 rings (SSSR count). The molecule has 0 bridgehead atoms. The van der Waals surface area contributed by atoms with Crippen LogP contribution in [-0.2, 0) is 0 Å². The average molecular weight is 240 g/mol. The van der Waals surface area contributed by atoms with E-state index in [0.29, 0.717) is 5.41 Å². The van der Waals surface area contributed by atoms with Gasteiger partial charge in [-0.1, -0.05) is 33.1 Å². The van der Waals surface area contributed by atoms with Crippen LogP contribution >= 0.6 is 0 Å². The summed E-state index contributed by atoms with van der Waals surface area (Å²) in [6, 6.07) is 0. The van der Waals surface area contributed by atoms with Gasteiger partial charge in [-0.25, -0.2) is 0 Å². The van der Waals surface area contributed by atoms with Crippen LogP contribution in [0.15, 0.2) is 0 Å². The van der Waals surface area contributed by atoms with E-state index in [0.717, 1.165) is 12.5 Å². The topological polar surface area (TPSA) is 38.0 Å². The Kier molecular flexibility index (Phi) is 7.14. The fraction of sp³-hybridized carbons (Fsp3) is 1.00. The molecule has 0 aliphatic heterocycles. The van der Waals surface area contributed by atoms with E-state index in [-0.39, 0.29) is 0 Å². The Labute approximate surface area is 108 Å². The average Bonchev–Trinajstić information content (AvgIpc) is 2.71. The number of hydrogen-bond donors (Lipinski definition) is 2. The number of unbranched alkanes of at least 4 members (excludes halogenated alkanes) is 2. The highest BCUT2D eigenvalue weighted by molar-refractivity contribution is 4.87. The quantitative estimate of drug-likeness (QED) is 0.607. The first-order chi connectivity index (χ1) is 8.18. The summed E-state index contributed by atoms with van der Waals surface area (Å²) in [6.07, 6.45) is 10.9. The molecule has 102 valence electrons. The summed E-state index contributed by atoms with van der Waals surface area (Å²) < 4.78 is 0. The van der Waals surface area contributed by atoms with E-state index in [1.54, 1.807) is 0 Å². The minimum absolute atomic E-state index is 0.627. The van der Waals surface area contributed by atoms with Crippen molar-refractivity contribution in [3.05, 3.63) is 0 Å². The lowest BCUT2D eigenvalue weighted by atomic mass is 9.78. The van der Waals surface area contributed by atoms with Crippen LogP contribution in [0.1, 0.15) is 65.2 Å². The first-order valence-corrected chi connectivity index (χ1v) is 7.59. The summed E-state index contributed by atoms with van der Waals surface area (Å²) >= 11 is 0. The maximum Gasteiger partial charge on any atom is 0.000790 e. The molecule has 0 aromatic rings. The zero-order valence-electron chi connectivity index (χ0n) is 11.9. The lowest BCUT2D eigenvalue weighted by Gasteiger charge is -2.31. The first kappa shape index (κ1) is 15.0. The van der Waals surface area contributed by atoms with Crippen molar-refractivity contribution in [3.8, 4) is 0 Å². The van der Waals surface area contributed by atoms with Crippen molar-refractivity contribution in [2.24, 2.45) is 17.1 Å². The van der Waals surface area contributed by atoms with Crippen LogP contribution in [0, 0.1) is 11.3 Å². The number of nitrogens with one attached hydrogen (secondary N) is 1. The summed E-state index contributed by atoms with van der Waals surface area (Å²) in [5, 5.41) is 3.69. The first-order valence-electron chi connectivity index (χ1n) is 7.59. The molecule has 0 radical (unpaired) electrons. The summed E-state index contributed by atoms with van der Waals surface area (Å²) in [6.45, 7) is 7.99. The molecule has 2 heteroatoms. The fourth-order valence-corrected chi connectivity index (χ4v) is 3.37. The molecule has 1 fully saturated rings. The van der Waals surface area contributed by atoms with Gasteiger partial charge in [-0.3, -0.25) is 0 Å². The molecular formula is C15H32N2. The Morgan fingerprint density at radius 3 is 2.41 bits per heavy atom. The summed E-state index contributed by atoms with van der Waals surface area (Å²) in [5.74, 6) is 0.840. The highest BCUT2D eigenvalue weighted by Gasteiger charge is 2.33. The van der Waals surface area contributed by atoms with Gasteiger partial charge in [0.05, 0.1) is 0 Å². The van der Waals surface area contributed by atoms with Gasteiger partial charge in [-0.05, 0) is 56.5 Å². The van der Waals surface area contributed by atoms with Gasteiger partial charge in [0, 0.05) is 6.54 Å². The molecule has 1 saturated carbocycles. The van der Waals surface area contributed by atoms with Gasteiger partial charge in [0.25, 0.3) is 0 Å². The fourth-order valence-electron chi connectivity index (χ4n) is 3.37. The molecule has 3 N–H and O–H groups in total. The van der Waals surface area contributed by atoms with Crippen molar-refractivity contribution in [1.29, 1.82) is 0 Å². The third-order valence-electron chi connectivity index (χ3n) is 4.06. The molecule has 1 aliphatic rings. The lowest BCUT2D eigenvalue weighted by Crippen LogP contribution is -2.33. The predicted molar refractivity (Wildman–Crippen MR) is 76.1 cm³/mol. The van der Waals surface area contributed by atoms with Crippen molar-refractivity contribution >= 4 is 0 Å². The largest absolute Gasteiger partial charge is 0.330 e. The summed E-state index contributed by atoms with van der Waals surface area (Å²) in [5.41, 5.74) is 6.13. The van der Waals surface area contributed by atoms with Gasteiger partial charge in [-0.2, -0.15) is 0 Å². The van der Waals surface area contributed by atoms with Gasteiger partial charge in [0.1, 0.15) is 0 Å². The SMILES string of the molecule is CC(C)CC1(CNCCCCCN)CCCC1. The van der Waals surface area contributed by atoms with Crippen molar-refractivity contribution < 1.29 is 0 Å². The zero-order chi connectivity index (χ0) is 12.6. The molecule has 0 spiro atoms. The van der Waals surface area contributed by atoms with Crippen LogP contribution in [-0.4, -0.2) is 19.6 Å². The molecular weight excluding hydrogens is 208 g/mol. The van der Waals surface area contributed by atoms with Gasteiger partial charge < -0.3 is 11.1 Å². The van der Waals surface area contributed by atoms with Gasteiger partial charge in [-0.15, -0.1) is 0 Å². The Bertz CT molecular complexity index is 183. The summed E-state index contributed by atoms with van der Waals surface area (Å²) in [4.78, 5) is 0. The standard InChI is InChI=1S/C15H32N2/c1-14(2)12-15(8-4-5-9-15)13-17-11-7-3-6-10-16/h14,17H,3-13,16H2,1-2H3. The molecule has 17 heavy (non-hydrogen) atoms. The van der Waals surface area contributed by atoms with Crippen LogP contribution in [0.25, 0.3) is 0 Å². The van der Waals surface area contributed by atoms with Crippen molar-refractivity contribution in [3.63, 3.8) is 0 Å². The second kappa shape index (κ2) is 8.10. The van der Waals surface area contributed by atoms with Crippen LogP contribution in [0.3, 0.4) is 0 Å². The molecule has 0 atom stereocenters. The van der Waals surface area contributed by atoms with Gasteiger partial charge in [0.15, 0.2) is 0 Å². The van der Waals surface area contributed by atoms with E-state index in [1.165, 1.54) is 64.5 Å². The zero-order valence-corrected chi connectivity index (χ0v) is 11.9. The van der Waals surface area contributed by atoms with Crippen LogP contribution in [0.4, 0.5) is 0 Å². The van der Waals surface area contributed by atoms with E-state index in [4.69, 9.17) is 5.73 Å². The number of hydrogen-bond acceptors (Lipinski definition) is 2. The highest BCUT2D eigenvalue weighted by atomic mass is 14.9. The third kappa shape index (κ3) is 5.87. The molecule has 0 unspecified atom stereocenters. The molecule has 0 aromatic carbocycles. The maximum atomic E-state index is 5.50. The Morgan fingerprint density at radius 1 is 1.12 bits per heavy atom. The van der Waals surface area contributed by atoms with Crippen molar-refractivity contribution in [1.82, 2.24) is 5.32 Å². The monoisotopic (exact) mass is 240 g/mol. The molecule has 0 aromatic heterocycles. The molecule has 2 nitrogen and oxygen atoms in total. The lowest BCUT2D eigenvalue weighted by molar-refractivity contribution is 0.224. The van der Waals surface area contributed by atoms with E-state index in [9.17, 15) is 0 Å². The molecule has 0 amide bonds. The minimum Gasteiger partial charge on any atom is -0.330 e. The Morgan fingerprint density at radius 2 is 1.82 bits per heavy atom. The van der Waals surface area contributed by atoms with E-state index >= 15 is 0 Å².